The molecule has 98 valence electrons. The summed E-state index contributed by atoms with van der Waals surface area (Å²) in [5.74, 6) is 0.432. The largest absolute Gasteiger partial charge is 0.485 e. The van der Waals surface area contributed by atoms with Gasteiger partial charge in [-0.1, -0.05) is 6.07 Å². The predicted octanol–water partition coefficient (Wildman–Crippen LogP) is 2.97. The molecule has 0 saturated heterocycles. The third-order valence-corrected chi connectivity index (χ3v) is 3.25. The molecule has 0 atom stereocenters. The van der Waals surface area contributed by atoms with E-state index < -0.39 is 0 Å². The van der Waals surface area contributed by atoms with E-state index in [4.69, 9.17) is 4.74 Å². The van der Waals surface area contributed by atoms with Crippen molar-refractivity contribution in [2.24, 2.45) is 0 Å². The van der Waals surface area contributed by atoms with Crippen LogP contribution in [0.15, 0.2) is 41.8 Å². The van der Waals surface area contributed by atoms with E-state index in [2.05, 4.69) is 5.32 Å². The molecule has 1 aromatic heterocycles. The molecule has 2 aromatic rings. The number of benzene rings is 1. The van der Waals surface area contributed by atoms with Crippen LogP contribution in [-0.4, -0.2) is 18.3 Å². The van der Waals surface area contributed by atoms with Crippen molar-refractivity contribution in [3.8, 4) is 5.75 Å². The number of thiophene rings is 1. The Balaban J connectivity index is 1.89. The highest BCUT2D eigenvalue weighted by Gasteiger charge is 2.07. The first-order valence-electron chi connectivity index (χ1n) is 5.72. The van der Waals surface area contributed by atoms with Crippen LogP contribution < -0.4 is 10.1 Å². The molecule has 0 aliphatic rings. The first kappa shape index (κ1) is 13.3. The van der Waals surface area contributed by atoms with Crippen LogP contribution in [-0.2, 0) is 4.79 Å². The molecule has 0 saturated carbocycles. The fraction of sp³-hybridized carbons (Fsp3) is 0.143. The lowest BCUT2D eigenvalue weighted by Crippen LogP contribution is -2.10. The SMILES string of the molecule is CC(=O)Nc1ccc(OCC(=O)c2cccs2)cc1. The van der Waals surface area contributed by atoms with Gasteiger partial charge in [-0.3, -0.25) is 9.59 Å². The van der Waals surface area contributed by atoms with Crippen molar-refractivity contribution < 1.29 is 14.3 Å². The number of ether oxygens (including phenoxy) is 1. The molecule has 1 aromatic carbocycles. The number of amides is 1. The van der Waals surface area contributed by atoms with Crippen molar-refractivity contribution in [1.29, 1.82) is 0 Å². The molecule has 4 nitrogen and oxygen atoms in total. The van der Waals surface area contributed by atoms with Gasteiger partial charge >= 0.3 is 0 Å². The van der Waals surface area contributed by atoms with E-state index in [1.165, 1.54) is 18.3 Å². The molecule has 1 amide bonds. The number of hydrogen-bond acceptors (Lipinski definition) is 4. The number of carbonyl (C=O) groups excluding carboxylic acids is 2. The highest BCUT2D eigenvalue weighted by Crippen LogP contribution is 2.16. The second-order valence-electron chi connectivity index (χ2n) is 3.89. The lowest BCUT2D eigenvalue weighted by molar-refractivity contribution is -0.114. The summed E-state index contributed by atoms with van der Waals surface area (Å²) in [7, 11) is 0. The monoisotopic (exact) mass is 275 g/mol. The maximum Gasteiger partial charge on any atom is 0.221 e. The quantitative estimate of drug-likeness (QED) is 0.853. The van der Waals surface area contributed by atoms with Crippen molar-refractivity contribution in [2.75, 3.05) is 11.9 Å². The highest BCUT2D eigenvalue weighted by molar-refractivity contribution is 7.12. The predicted molar refractivity (Wildman–Crippen MR) is 74.9 cm³/mol. The van der Waals surface area contributed by atoms with Gasteiger partial charge in [0.05, 0.1) is 4.88 Å². The van der Waals surface area contributed by atoms with Gasteiger partial charge in [0.2, 0.25) is 11.7 Å². The van der Waals surface area contributed by atoms with E-state index in [-0.39, 0.29) is 18.3 Å². The minimum Gasteiger partial charge on any atom is -0.485 e. The van der Waals surface area contributed by atoms with E-state index in [0.717, 1.165) is 0 Å². The summed E-state index contributed by atoms with van der Waals surface area (Å²) in [6.07, 6.45) is 0. The lowest BCUT2D eigenvalue weighted by atomic mass is 10.3. The zero-order valence-corrected chi connectivity index (χ0v) is 11.2. The van der Waals surface area contributed by atoms with Crippen molar-refractivity contribution in [3.05, 3.63) is 46.7 Å². The van der Waals surface area contributed by atoms with Crippen LogP contribution in [0.25, 0.3) is 0 Å². The van der Waals surface area contributed by atoms with Crippen molar-refractivity contribution in [3.63, 3.8) is 0 Å². The van der Waals surface area contributed by atoms with Gasteiger partial charge in [0.1, 0.15) is 5.75 Å². The zero-order chi connectivity index (χ0) is 13.7. The van der Waals surface area contributed by atoms with Gasteiger partial charge < -0.3 is 10.1 Å². The smallest absolute Gasteiger partial charge is 0.221 e. The molecule has 5 heteroatoms. The third-order valence-electron chi connectivity index (χ3n) is 2.34. The molecule has 1 N–H and O–H groups in total. The van der Waals surface area contributed by atoms with Crippen molar-refractivity contribution in [2.45, 2.75) is 6.92 Å². The van der Waals surface area contributed by atoms with E-state index >= 15 is 0 Å². The number of carbonyl (C=O) groups is 2. The van der Waals surface area contributed by atoms with Gasteiger partial charge in [0, 0.05) is 12.6 Å². The van der Waals surface area contributed by atoms with Gasteiger partial charge in [-0.05, 0) is 35.7 Å². The molecule has 0 fully saturated rings. The van der Waals surface area contributed by atoms with Gasteiger partial charge in [-0.2, -0.15) is 0 Å². The Morgan fingerprint density at radius 2 is 1.95 bits per heavy atom. The average Bonchev–Trinajstić information content (AvgIpc) is 2.91. The molecular weight excluding hydrogens is 262 g/mol. The summed E-state index contributed by atoms with van der Waals surface area (Å²) >= 11 is 1.40. The molecule has 1 heterocycles. The van der Waals surface area contributed by atoms with E-state index in [9.17, 15) is 9.59 Å². The fourth-order valence-electron chi connectivity index (χ4n) is 1.49. The molecule has 0 aliphatic carbocycles. The second-order valence-corrected chi connectivity index (χ2v) is 4.84. The molecule has 2 rings (SSSR count). The Bertz CT molecular complexity index is 561. The van der Waals surface area contributed by atoms with Gasteiger partial charge in [-0.15, -0.1) is 11.3 Å². The number of hydrogen-bond donors (Lipinski definition) is 1. The summed E-state index contributed by atoms with van der Waals surface area (Å²) in [5.41, 5.74) is 0.699. The molecule has 0 aliphatic heterocycles. The summed E-state index contributed by atoms with van der Waals surface area (Å²) in [4.78, 5) is 23.3. The molecule has 19 heavy (non-hydrogen) atoms. The third kappa shape index (κ3) is 3.93. The van der Waals surface area contributed by atoms with Crippen LogP contribution in [0.3, 0.4) is 0 Å². The van der Waals surface area contributed by atoms with Crippen LogP contribution in [0.5, 0.6) is 5.75 Å². The number of nitrogens with one attached hydrogen (secondary N) is 1. The maximum absolute atomic E-state index is 11.7. The summed E-state index contributed by atoms with van der Waals surface area (Å²) in [5, 5.41) is 4.52. The van der Waals surface area contributed by atoms with Crippen LogP contribution in [0.4, 0.5) is 5.69 Å². The fourth-order valence-corrected chi connectivity index (χ4v) is 2.15. The maximum atomic E-state index is 11.7. The van der Waals surface area contributed by atoms with Crippen LogP contribution in [0, 0.1) is 0 Å². The zero-order valence-electron chi connectivity index (χ0n) is 10.4. The molecule has 0 radical (unpaired) electrons. The summed E-state index contributed by atoms with van der Waals surface area (Å²) in [6.45, 7) is 1.46. The Kier molecular flexibility index (Phi) is 4.30. The normalized spacial score (nSPS) is 9.95. The second kappa shape index (κ2) is 6.15. The molecule has 0 spiro atoms. The van der Waals surface area contributed by atoms with Crippen LogP contribution in [0.1, 0.15) is 16.6 Å². The number of anilines is 1. The minimum atomic E-state index is -0.124. The van der Waals surface area contributed by atoms with Crippen molar-refractivity contribution >= 4 is 28.7 Å². The topological polar surface area (TPSA) is 55.4 Å². The van der Waals surface area contributed by atoms with Crippen LogP contribution in [0.2, 0.25) is 0 Å². The first-order valence-corrected chi connectivity index (χ1v) is 6.60. The van der Waals surface area contributed by atoms with Crippen LogP contribution >= 0.6 is 11.3 Å². The average molecular weight is 275 g/mol. The standard InChI is InChI=1S/C14H13NO3S/c1-10(16)15-11-4-6-12(7-5-11)18-9-13(17)14-3-2-8-19-14/h2-8H,9H2,1H3,(H,15,16). The minimum absolute atomic E-state index is 0.0139. The molecular formula is C14H13NO3S. The highest BCUT2D eigenvalue weighted by atomic mass is 32.1. The Morgan fingerprint density at radius 3 is 2.53 bits per heavy atom. The Morgan fingerprint density at radius 1 is 1.21 bits per heavy atom. The van der Waals surface area contributed by atoms with Gasteiger partial charge in [0.15, 0.2) is 6.61 Å². The van der Waals surface area contributed by atoms with Gasteiger partial charge in [0.25, 0.3) is 0 Å². The van der Waals surface area contributed by atoms with E-state index in [1.807, 2.05) is 11.4 Å². The number of rotatable bonds is 5. The van der Waals surface area contributed by atoms with E-state index in [0.29, 0.717) is 16.3 Å². The molecule has 0 unspecified atom stereocenters. The van der Waals surface area contributed by atoms with Gasteiger partial charge in [-0.25, -0.2) is 0 Å². The van der Waals surface area contributed by atoms with E-state index in [1.54, 1.807) is 30.3 Å². The summed E-state index contributed by atoms with van der Waals surface area (Å²) < 4.78 is 5.40. The lowest BCUT2D eigenvalue weighted by Gasteiger charge is -2.06. The molecule has 0 bridgehead atoms. The first-order chi connectivity index (χ1) is 9.15. The number of ketones is 1. The Labute approximate surface area is 115 Å². The Hall–Kier alpha value is -2.14. The summed E-state index contributed by atoms with van der Waals surface area (Å²) in [6, 6.07) is 10.5. The van der Waals surface area contributed by atoms with Crippen molar-refractivity contribution in [1.82, 2.24) is 0 Å². The number of Topliss-reactive ketones (excluding diaryl/α,β-unsaturated/α-hetero) is 1.